The summed E-state index contributed by atoms with van der Waals surface area (Å²) in [5, 5.41) is 0. The van der Waals surface area contributed by atoms with Crippen molar-refractivity contribution in [1.29, 1.82) is 0 Å². The predicted octanol–water partition coefficient (Wildman–Crippen LogP) is 5.03. The molecule has 2 heterocycles. The molecular weight excluding hydrogens is 256 g/mol. The summed E-state index contributed by atoms with van der Waals surface area (Å²) in [5.41, 5.74) is 2.05. The van der Waals surface area contributed by atoms with Gasteiger partial charge in [0.25, 0.3) is 0 Å². The molecule has 1 aromatic rings. The van der Waals surface area contributed by atoms with Gasteiger partial charge in [-0.05, 0) is 47.3 Å². The summed E-state index contributed by atoms with van der Waals surface area (Å²) < 4.78 is 0. The third-order valence-electron chi connectivity index (χ3n) is 5.45. The number of anilines is 1. The van der Waals surface area contributed by atoms with Crippen molar-refractivity contribution in [2.45, 2.75) is 66.2 Å². The van der Waals surface area contributed by atoms with Crippen LogP contribution in [0.1, 0.15) is 66.4 Å². The molecule has 2 rings (SSSR count). The fourth-order valence-corrected chi connectivity index (χ4v) is 3.24. The van der Waals surface area contributed by atoms with E-state index in [1.807, 2.05) is 6.20 Å². The molecule has 1 aliphatic rings. The van der Waals surface area contributed by atoms with Crippen molar-refractivity contribution in [1.82, 2.24) is 4.98 Å². The van der Waals surface area contributed by atoms with E-state index in [9.17, 15) is 0 Å². The standard InChI is InChI=1S/C19H32N2/c1-7-19(5,6)15-9-12-21(13-10-15)17-14-16(8-11-20-17)18(2,3)4/h8,11,14-15H,7,9-10,12-13H2,1-6H3. The van der Waals surface area contributed by atoms with E-state index >= 15 is 0 Å². The van der Waals surface area contributed by atoms with Gasteiger partial charge in [0.2, 0.25) is 0 Å². The topological polar surface area (TPSA) is 16.1 Å². The van der Waals surface area contributed by atoms with Gasteiger partial charge in [0.05, 0.1) is 0 Å². The zero-order chi connectivity index (χ0) is 15.7. The van der Waals surface area contributed by atoms with Crippen molar-refractivity contribution in [2.24, 2.45) is 11.3 Å². The maximum Gasteiger partial charge on any atom is 0.128 e. The molecule has 21 heavy (non-hydrogen) atoms. The quantitative estimate of drug-likeness (QED) is 0.775. The second-order valence-corrected chi connectivity index (χ2v) is 8.26. The van der Waals surface area contributed by atoms with Crippen LogP contribution in [0.15, 0.2) is 18.3 Å². The van der Waals surface area contributed by atoms with Crippen LogP contribution in [0.3, 0.4) is 0 Å². The average molecular weight is 288 g/mol. The molecule has 0 aliphatic carbocycles. The Balaban J connectivity index is 2.06. The Morgan fingerprint density at radius 1 is 1.14 bits per heavy atom. The van der Waals surface area contributed by atoms with Crippen molar-refractivity contribution in [2.75, 3.05) is 18.0 Å². The maximum atomic E-state index is 4.61. The van der Waals surface area contributed by atoms with E-state index in [4.69, 9.17) is 0 Å². The molecule has 0 unspecified atom stereocenters. The number of hydrogen-bond donors (Lipinski definition) is 0. The predicted molar refractivity (Wildman–Crippen MR) is 91.9 cm³/mol. The number of rotatable bonds is 3. The lowest BCUT2D eigenvalue weighted by molar-refractivity contribution is 0.168. The summed E-state index contributed by atoms with van der Waals surface area (Å²) >= 11 is 0. The Bertz CT molecular complexity index is 463. The van der Waals surface area contributed by atoms with Crippen molar-refractivity contribution in [3.63, 3.8) is 0 Å². The Morgan fingerprint density at radius 2 is 1.76 bits per heavy atom. The zero-order valence-electron chi connectivity index (χ0n) is 14.7. The van der Waals surface area contributed by atoms with E-state index in [0.29, 0.717) is 5.41 Å². The van der Waals surface area contributed by atoms with Gasteiger partial charge < -0.3 is 4.90 Å². The SMILES string of the molecule is CCC(C)(C)C1CCN(c2cc(C(C)(C)C)ccn2)CC1. The molecule has 0 saturated carbocycles. The van der Waals surface area contributed by atoms with Gasteiger partial charge in [0, 0.05) is 19.3 Å². The largest absolute Gasteiger partial charge is 0.357 e. The average Bonchev–Trinajstić information content (AvgIpc) is 2.47. The lowest BCUT2D eigenvalue weighted by Crippen LogP contribution is -2.39. The molecule has 1 fully saturated rings. The highest BCUT2D eigenvalue weighted by Crippen LogP contribution is 2.38. The molecule has 1 saturated heterocycles. The molecule has 0 bridgehead atoms. The summed E-state index contributed by atoms with van der Waals surface area (Å²) in [6.07, 6.45) is 5.83. The first kappa shape index (κ1) is 16.3. The lowest BCUT2D eigenvalue weighted by Gasteiger charge is -2.41. The van der Waals surface area contributed by atoms with Crippen molar-refractivity contribution in [3.05, 3.63) is 23.9 Å². The smallest absolute Gasteiger partial charge is 0.128 e. The minimum Gasteiger partial charge on any atom is -0.357 e. The van der Waals surface area contributed by atoms with Crippen LogP contribution in [0.5, 0.6) is 0 Å². The summed E-state index contributed by atoms with van der Waals surface area (Å²) in [6.45, 7) is 16.3. The van der Waals surface area contributed by atoms with Crippen LogP contribution in [0.25, 0.3) is 0 Å². The van der Waals surface area contributed by atoms with Crippen LogP contribution in [-0.4, -0.2) is 18.1 Å². The first-order valence-electron chi connectivity index (χ1n) is 8.45. The van der Waals surface area contributed by atoms with E-state index < -0.39 is 0 Å². The number of hydrogen-bond acceptors (Lipinski definition) is 2. The van der Waals surface area contributed by atoms with E-state index in [1.165, 1.54) is 24.8 Å². The molecule has 2 heteroatoms. The minimum atomic E-state index is 0.195. The van der Waals surface area contributed by atoms with Gasteiger partial charge in [-0.2, -0.15) is 0 Å². The van der Waals surface area contributed by atoms with Gasteiger partial charge in [-0.1, -0.05) is 48.0 Å². The number of aromatic nitrogens is 1. The van der Waals surface area contributed by atoms with Crippen molar-refractivity contribution >= 4 is 5.82 Å². The van der Waals surface area contributed by atoms with Gasteiger partial charge in [0.1, 0.15) is 5.82 Å². The summed E-state index contributed by atoms with van der Waals surface area (Å²) in [4.78, 5) is 7.08. The molecule has 0 spiro atoms. The van der Waals surface area contributed by atoms with E-state index in [2.05, 4.69) is 63.6 Å². The molecular formula is C19H32N2. The first-order valence-corrected chi connectivity index (χ1v) is 8.45. The zero-order valence-corrected chi connectivity index (χ0v) is 14.7. The first-order chi connectivity index (χ1) is 9.74. The highest BCUT2D eigenvalue weighted by molar-refractivity contribution is 5.43. The number of nitrogens with zero attached hydrogens (tertiary/aromatic N) is 2. The molecule has 0 radical (unpaired) electrons. The minimum absolute atomic E-state index is 0.195. The highest BCUT2D eigenvalue weighted by atomic mass is 15.2. The normalized spacial score (nSPS) is 18.1. The third kappa shape index (κ3) is 3.78. The van der Waals surface area contributed by atoms with Gasteiger partial charge in [0.15, 0.2) is 0 Å². The van der Waals surface area contributed by atoms with Crippen LogP contribution < -0.4 is 4.90 Å². The van der Waals surface area contributed by atoms with Crippen LogP contribution in [0.2, 0.25) is 0 Å². The van der Waals surface area contributed by atoms with Gasteiger partial charge in [-0.15, -0.1) is 0 Å². The van der Waals surface area contributed by atoms with E-state index in [-0.39, 0.29) is 5.41 Å². The van der Waals surface area contributed by atoms with Crippen LogP contribution in [-0.2, 0) is 5.41 Å². The molecule has 0 aromatic carbocycles. The second kappa shape index (κ2) is 5.98. The fourth-order valence-electron chi connectivity index (χ4n) is 3.24. The molecule has 1 aliphatic heterocycles. The summed E-state index contributed by atoms with van der Waals surface area (Å²) in [7, 11) is 0. The van der Waals surface area contributed by atoms with Gasteiger partial charge in [-0.3, -0.25) is 0 Å². The Hall–Kier alpha value is -1.05. The number of piperidine rings is 1. The summed E-state index contributed by atoms with van der Waals surface area (Å²) in [6, 6.07) is 4.43. The van der Waals surface area contributed by atoms with Gasteiger partial charge >= 0.3 is 0 Å². The Morgan fingerprint density at radius 3 is 2.29 bits per heavy atom. The summed E-state index contributed by atoms with van der Waals surface area (Å²) in [5.74, 6) is 2.01. The highest BCUT2D eigenvalue weighted by Gasteiger charge is 2.31. The van der Waals surface area contributed by atoms with Crippen molar-refractivity contribution in [3.8, 4) is 0 Å². The Labute approximate surface area is 131 Å². The van der Waals surface area contributed by atoms with E-state index in [0.717, 1.165) is 24.8 Å². The molecule has 0 N–H and O–H groups in total. The molecule has 1 aromatic heterocycles. The maximum absolute atomic E-state index is 4.61. The Kier molecular flexibility index (Phi) is 4.65. The van der Waals surface area contributed by atoms with Gasteiger partial charge in [-0.25, -0.2) is 4.98 Å². The van der Waals surface area contributed by atoms with Crippen molar-refractivity contribution < 1.29 is 0 Å². The molecule has 2 nitrogen and oxygen atoms in total. The molecule has 0 atom stereocenters. The molecule has 0 amide bonds. The third-order valence-corrected chi connectivity index (χ3v) is 5.45. The van der Waals surface area contributed by atoms with Crippen LogP contribution >= 0.6 is 0 Å². The molecule has 118 valence electrons. The second-order valence-electron chi connectivity index (χ2n) is 8.26. The lowest BCUT2D eigenvalue weighted by atomic mass is 9.72. The van der Waals surface area contributed by atoms with E-state index in [1.54, 1.807) is 0 Å². The fraction of sp³-hybridized carbons (Fsp3) is 0.737. The monoisotopic (exact) mass is 288 g/mol. The van der Waals surface area contributed by atoms with Crippen LogP contribution in [0, 0.1) is 11.3 Å². The van der Waals surface area contributed by atoms with Crippen LogP contribution in [0.4, 0.5) is 5.82 Å². The number of pyridine rings is 1.